The summed E-state index contributed by atoms with van der Waals surface area (Å²) in [4.78, 5) is 39.6. The molecule has 1 fully saturated rings. The summed E-state index contributed by atoms with van der Waals surface area (Å²) in [6.07, 6.45) is -3.51. The number of halogens is 3. The lowest BCUT2D eigenvalue weighted by molar-refractivity contribution is -0.137. The fourth-order valence-corrected chi connectivity index (χ4v) is 4.40. The zero-order valence-electron chi connectivity index (χ0n) is 18.6. The van der Waals surface area contributed by atoms with Crippen LogP contribution in [0, 0.1) is 0 Å². The standard InChI is InChI=1S/C24H25F3N4O3/c1-2-30-19-9-3-4-10-20(19)31(23(30)34)15-21(32)28-18(14-29-12-6-11-22(29)33)16-7-5-8-17(13-16)24(25,26)27/h3-5,7-10,13,18H,2,6,11-12,14-15H2,1H3,(H,28,32). The molecule has 1 aromatic heterocycles. The quantitative estimate of drug-likeness (QED) is 0.571. The maximum atomic E-state index is 13.3. The average molecular weight is 474 g/mol. The molecule has 0 aliphatic carbocycles. The molecule has 0 spiro atoms. The van der Waals surface area contributed by atoms with Crippen LogP contribution in [-0.2, 0) is 28.9 Å². The predicted molar refractivity (Wildman–Crippen MR) is 120 cm³/mol. The lowest BCUT2D eigenvalue weighted by atomic mass is 10.0. The van der Waals surface area contributed by atoms with Crippen molar-refractivity contribution in [1.82, 2.24) is 19.4 Å². The number of nitrogens with zero attached hydrogens (tertiary/aromatic N) is 3. The molecule has 1 atom stereocenters. The topological polar surface area (TPSA) is 76.3 Å². The Morgan fingerprint density at radius 3 is 2.38 bits per heavy atom. The molecule has 3 aromatic rings. The average Bonchev–Trinajstić information content (AvgIpc) is 3.33. The number of amides is 2. The molecular weight excluding hydrogens is 449 g/mol. The maximum Gasteiger partial charge on any atom is 0.416 e. The largest absolute Gasteiger partial charge is 0.416 e. The molecule has 10 heteroatoms. The molecule has 1 aliphatic rings. The summed E-state index contributed by atoms with van der Waals surface area (Å²) in [6.45, 7) is 2.49. The summed E-state index contributed by atoms with van der Waals surface area (Å²) >= 11 is 0. The van der Waals surface area contributed by atoms with Gasteiger partial charge in [-0.1, -0.05) is 24.3 Å². The van der Waals surface area contributed by atoms with Gasteiger partial charge in [-0.25, -0.2) is 4.79 Å². The zero-order chi connectivity index (χ0) is 24.5. The van der Waals surface area contributed by atoms with Gasteiger partial charge in [0.15, 0.2) is 0 Å². The van der Waals surface area contributed by atoms with Crippen molar-refractivity contribution in [2.24, 2.45) is 0 Å². The van der Waals surface area contributed by atoms with Crippen LogP contribution in [0.1, 0.15) is 36.9 Å². The van der Waals surface area contributed by atoms with E-state index in [1.54, 1.807) is 33.7 Å². The Hall–Kier alpha value is -3.56. The molecule has 0 radical (unpaired) electrons. The van der Waals surface area contributed by atoms with Crippen LogP contribution in [0.2, 0.25) is 0 Å². The number of aryl methyl sites for hydroxylation is 1. The predicted octanol–water partition coefficient (Wildman–Crippen LogP) is 3.32. The van der Waals surface area contributed by atoms with Crippen LogP contribution >= 0.6 is 0 Å². The van der Waals surface area contributed by atoms with E-state index in [1.807, 2.05) is 6.92 Å². The normalized spacial score (nSPS) is 15.2. The number of fused-ring (bicyclic) bond motifs is 1. The number of hydrogen-bond donors (Lipinski definition) is 1. The van der Waals surface area contributed by atoms with Crippen LogP contribution in [-0.4, -0.2) is 38.9 Å². The van der Waals surface area contributed by atoms with Crippen molar-refractivity contribution < 1.29 is 22.8 Å². The lowest BCUT2D eigenvalue weighted by Gasteiger charge is -2.26. The first kappa shape index (κ1) is 23.6. The van der Waals surface area contributed by atoms with Crippen LogP contribution in [0.15, 0.2) is 53.3 Å². The highest BCUT2D eigenvalue weighted by atomic mass is 19.4. The number of alkyl halides is 3. The fraction of sp³-hybridized carbons (Fsp3) is 0.375. The Bertz CT molecular complexity index is 1280. The van der Waals surface area contributed by atoms with Crippen LogP contribution in [0.5, 0.6) is 0 Å². The number of aromatic nitrogens is 2. The molecule has 1 unspecified atom stereocenters. The number of para-hydroxylation sites is 2. The molecule has 180 valence electrons. The highest BCUT2D eigenvalue weighted by Gasteiger charge is 2.32. The third-order valence-electron chi connectivity index (χ3n) is 6.07. The minimum Gasteiger partial charge on any atom is -0.346 e. The van der Waals surface area contributed by atoms with Gasteiger partial charge in [0, 0.05) is 26.1 Å². The van der Waals surface area contributed by atoms with E-state index >= 15 is 0 Å². The van der Waals surface area contributed by atoms with Gasteiger partial charge in [0.2, 0.25) is 11.8 Å². The number of nitrogens with one attached hydrogen (secondary N) is 1. The molecule has 7 nitrogen and oxygen atoms in total. The molecule has 4 rings (SSSR count). The third kappa shape index (κ3) is 4.71. The number of likely N-dealkylation sites (tertiary alicyclic amines) is 1. The Morgan fingerprint density at radius 2 is 1.76 bits per heavy atom. The van der Waals surface area contributed by atoms with Gasteiger partial charge in [-0.3, -0.25) is 18.7 Å². The van der Waals surface area contributed by atoms with E-state index in [-0.39, 0.29) is 30.2 Å². The molecule has 1 N–H and O–H groups in total. The smallest absolute Gasteiger partial charge is 0.346 e. The van der Waals surface area contributed by atoms with Crippen LogP contribution in [0.3, 0.4) is 0 Å². The van der Waals surface area contributed by atoms with Gasteiger partial charge >= 0.3 is 11.9 Å². The molecule has 1 aliphatic heterocycles. The van der Waals surface area contributed by atoms with E-state index < -0.39 is 23.7 Å². The first-order valence-electron chi connectivity index (χ1n) is 11.1. The first-order chi connectivity index (χ1) is 16.2. The summed E-state index contributed by atoms with van der Waals surface area (Å²) < 4.78 is 42.8. The number of carbonyl (C=O) groups excluding carboxylic acids is 2. The van der Waals surface area contributed by atoms with Crippen molar-refractivity contribution in [2.45, 2.75) is 45.1 Å². The van der Waals surface area contributed by atoms with Gasteiger partial charge in [-0.15, -0.1) is 0 Å². The van der Waals surface area contributed by atoms with Crippen LogP contribution in [0.25, 0.3) is 11.0 Å². The van der Waals surface area contributed by atoms with E-state index in [4.69, 9.17) is 0 Å². The Labute approximate surface area is 193 Å². The Kier molecular flexibility index (Phi) is 6.49. The van der Waals surface area contributed by atoms with Crippen molar-refractivity contribution in [3.63, 3.8) is 0 Å². The number of rotatable bonds is 7. The SMILES string of the molecule is CCn1c(=O)n(CC(=O)NC(CN2CCCC2=O)c2cccc(C(F)(F)F)c2)c2ccccc21. The van der Waals surface area contributed by atoms with E-state index in [9.17, 15) is 27.6 Å². The Morgan fingerprint density at radius 1 is 1.06 bits per heavy atom. The third-order valence-corrected chi connectivity index (χ3v) is 6.07. The van der Waals surface area contributed by atoms with Crippen LogP contribution < -0.4 is 11.0 Å². The lowest BCUT2D eigenvalue weighted by Crippen LogP contribution is -2.41. The summed E-state index contributed by atoms with van der Waals surface area (Å²) in [7, 11) is 0. The van der Waals surface area contributed by atoms with Crippen molar-refractivity contribution in [3.05, 3.63) is 70.1 Å². The van der Waals surface area contributed by atoms with Gasteiger partial charge in [0.05, 0.1) is 22.6 Å². The molecule has 2 amide bonds. The monoisotopic (exact) mass is 474 g/mol. The van der Waals surface area contributed by atoms with Crippen molar-refractivity contribution in [1.29, 1.82) is 0 Å². The zero-order valence-corrected chi connectivity index (χ0v) is 18.6. The maximum absolute atomic E-state index is 13.3. The molecule has 34 heavy (non-hydrogen) atoms. The molecular formula is C24H25F3N4O3. The Balaban J connectivity index is 1.63. The highest BCUT2D eigenvalue weighted by Crippen LogP contribution is 2.31. The number of imidazole rings is 1. The van der Waals surface area contributed by atoms with E-state index in [1.165, 1.54) is 16.7 Å². The van der Waals surface area contributed by atoms with Crippen molar-refractivity contribution >= 4 is 22.8 Å². The minimum absolute atomic E-state index is 0.0531. The summed E-state index contributed by atoms with van der Waals surface area (Å²) in [6, 6.07) is 11.0. The molecule has 1 saturated heterocycles. The highest BCUT2D eigenvalue weighted by molar-refractivity contribution is 5.81. The second-order valence-corrected chi connectivity index (χ2v) is 8.29. The fourth-order valence-electron chi connectivity index (χ4n) is 4.40. The second-order valence-electron chi connectivity index (χ2n) is 8.29. The molecule has 2 aromatic carbocycles. The number of carbonyl (C=O) groups is 2. The van der Waals surface area contributed by atoms with Gasteiger partial charge in [0.1, 0.15) is 6.54 Å². The number of benzene rings is 2. The molecule has 2 heterocycles. The first-order valence-corrected chi connectivity index (χ1v) is 11.1. The summed E-state index contributed by atoms with van der Waals surface area (Å²) in [5.41, 5.74) is 0.351. The van der Waals surface area contributed by atoms with Crippen molar-refractivity contribution in [2.75, 3.05) is 13.1 Å². The van der Waals surface area contributed by atoms with Gasteiger partial charge in [-0.2, -0.15) is 13.2 Å². The van der Waals surface area contributed by atoms with E-state index in [2.05, 4.69) is 5.32 Å². The summed E-state index contributed by atoms with van der Waals surface area (Å²) in [5, 5.41) is 2.76. The minimum atomic E-state index is -4.54. The second kappa shape index (κ2) is 9.36. The summed E-state index contributed by atoms with van der Waals surface area (Å²) in [5.74, 6) is -0.636. The van der Waals surface area contributed by atoms with Gasteiger partial charge in [-0.05, 0) is 43.2 Å². The molecule has 0 saturated carbocycles. The van der Waals surface area contributed by atoms with E-state index in [0.29, 0.717) is 37.0 Å². The van der Waals surface area contributed by atoms with Crippen LogP contribution in [0.4, 0.5) is 13.2 Å². The van der Waals surface area contributed by atoms with Gasteiger partial charge in [0.25, 0.3) is 0 Å². The van der Waals surface area contributed by atoms with Gasteiger partial charge < -0.3 is 10.2 Å². The number of hydrogen-bond acceptors (Lipinski definition) is 3. The van der Waals surface area contributed by atoms with E-state index in [0.717, 1.165) is 12.1 Å². The van der Waals surface area contributed by atoms with Crippen molar-refractivity contribution in [3.8, 4) is 0 Å². The molecule has 0 bridgehead atoms.